The van der Waals surface area contributed by atoms with Crippen LogP contribution in [-0.2, 0) is 17.5 Å². The first-order valence-electron chi connectivity index (χ1n) is 5.05. The van der Waals surface area contributed by atoms with Gasteiger partial charge in [0.15, 0.2) is 0 Å². The van der Waals surface area contributed by atoms with Crippen LogP contribution in [-0.4, -0.2) is 42.1 Å². The first-order chi connectivity index (χ1) is 7.02. The molecule has 15 heavy (non-hydrogen) atoms. The summed E-state index contributed by atoms with van der Waals surface area (Å²) >= 11 is 0. The van der Waals surface area contributed by atoms with Crippen LogP contribution in [0.1, 0.15) is 12.8 Å². The van der Waals surface area contributed by atoms with Crippen LogP contribution in [0.25, 0.3) is 0 Å². The highest BCUT2D eigenvalue weighted by Crippen LogP contribution is 2.07. The largest absolute Gasteiger partial charge is 0.561 e. The van der Waals surface area contributed by atoms with Crippen molar-refractivity contribution in [2.75, 3.05) is 6.61 Å². The monoisotopic (exact) mass is 279 g/mol. The van der Waals surface area contributed by atoms with Gasteiger partial charge in [-0.05, 0) is 19.5 Å². The highest BCUT2D eigenvalue weighted by atomic mass is 29.2. The lowest BCUT2D eigenvalue weighted by atomic mass is 10.4. The van der Waals surface area contributed by atoms with Crippen molar-refractivity contribution >= 4 is 35.4 Å². The van der Waals surface area contributed by atoms with Gasteiger partial charge in [0.05, 0.1) is 0 Å². The zero-order valence-electron chi connectivity index (χ0n) is 9.62. The molecule has 1 radical (unpaired) electrons. The van der Waals surface area contributed by atoms with Crippen LogP contribution < -0.4 is 0 Å². The van der Waals surface area contributed by atoms with E-state index in [1.807, 2.05) is 13.1 Å². The fraction of sp³-hybridized carbons (Fsp3) is 1.00. The molecule has 0 N–H and O–H groups in total. The van der Waals surface area contributed by atoms with E-state index in [4.69, 9.17) is 8.54 Å². The van der Waals surface area contributed by atoms with Crippen LogP contribution in [0.15, 0.2) is 0 Å². The summed E-state index contributed by atoms with van der Waals surface area (Å²) in [6.07, 6.45) is 2.06. The standard InChI is InChI=1S/C7H19O4Si4/c1-14(13-9)7-5-4-6-10-15(2,3)11-12-8/h12-13H,4-7H2,1-3H3. The third kappa shape index (κ3) is 9.17. The molecule has 0 amide bonds. The van der Waals surface area contributed by atoms with Crippen molar-refractivity contribution in [2.45, 2.75) is 38.5 Å². The van der Waals surface area contributed by atoms with Gasteiger partial charge in [0.25, 0.3) is 0 Å². The smallest absolute Gasteiger partial charge is 0.474 e. The summed E-state index contributed by atoms with van der Waals surface area (Å²) in [6.45, 7) is 6.57. The van der Waals surface area contributed by atoms with Gasteiger partial charge in [0.2, 0.25) is 8.92 Å². The lowest BCUT2D eigenvalue weighted by molar-refractivity contribution is 0.242. The Balaban J connectivity index is 3.45. The summed E-state index contributed by atoms with van der Waals surface area (Å²) in [6, 6.07) is 1.10. The second-order valence-corrected chi connectivity index (χ2v) is 14.2. The minimum atomic E-state index is -2.11. The lowest BCUT2D eigenvalue weighted by Gasteiger charge is -2.20. The lowest BCUT2D eigenvalue weighted by Crippen LogP contribution is -2.35. The molecule has 0 heterocycles. The van der Waals surface area contributed by atoms with Crippen molar-refractivity contribution < 1.29 is 17.5 Å². The van der Waals surface area contributed by atoms with Crippen LogP contribution in [0.4, 0.5) is 0 Å². The van der Waals surface area contributed by atoms with Crippen molar-refractivity contribution in [2.24, 2.45) is 0 Å². The average molecular weight is 280 g/mol. The summed E-state index contributed by atoms with van der Waals surface area (Å²) < 4.78 is 31.6. The minimum absolute atomic E-state index is 0.542. The molecule has 0 bridgehead atoms. The van der Waals surface area contributed by atoms with E-state index in [1.54, 1.807) is 0 Å². The normalized spacial score (nSPS) is 11.5. The molecule has 8 heteroatoms. The maximum atomic E-state index is 10.6. The van der Waals surface area contributed by atoms with Crippen molar-refractivity contribution in [3.8, 4) is 0 Å². The summed E-state index contributed by atoms with van der Waals surface area (Å²) in [7, 11) is -4.36. The van der Waals surface area contributed by atoms with Crippen LogP contribution in [0.3, 0.4) is 0 Å². The maximum absolute atomic E-state index is 10.6. The molecule has 0 atom stereocenters. The molecule has 0 spiro atoms. The van der Waals surface area contributed by atoms with Crippen LogP contribution in [0.5, 0.6) is 0 Å². The Morgan fingerprint density at radius 1 is 1.27 bits per heavy atom. The van der Waals surface area contributed by atoms with E-state index in [1.165, 1.54) is 0 Å². The Hall–Kier alpha value is 0.228. The molecule has 0 saturated carbocycles. The molecular weight excluding hydrogens is 260 g/mol. The molecule has 0 aromatic carbocycles. The predicted octanol–water partition coefficient (Wildman–Crippen LogP) is 0.602. The van der Waals surface area contributed by atoms with Gasteiger partial charge in [-0.2, -0.15) is 0 Å². The second-order valence-electron chi connectivity index (χ2n) is 3.88. The van der Waals surface area contributed by atoms with E-state index in [9.17, 15) is 8.92 Å². The molecule has 0 aliphatic rings. The van der Waals surface area contributed by atoms with E-state index < -0.39 is 35.4 Å². The van der Waals surface area contributed by atoms with E-state index in [-0.39, 0.29) is 0 Å². The number of hydrogen-bond donors (Lipinski definition) is 0. The topological polar surface area (TPSA) is 52.6 Å². The first-order valence-corrected chi connectivity index (χ1v) is 13.3. The Labute approximate surface area is 98.3 Å². The summed E-state index contributed by atoms with van der Waals surface area (Å²) in [5, 5.41) is 0. The molecule has 0 saturated heterocycles. The quantitative estimate of drug-likeness (QED) is 0.458. The van der Waals surface area contributed by atoms with Gasteiger partial charge in [0.1, 0.15) is 8.31 Å². The zero-order chi connectivity index (χ0) is 11.7. The molecule has 0 rings (SSSR count). The summed E-state index contributed by atoms with van der Waals surface area (Å²) in [5.41, 5.74) is 0. The third-order valence-corrected chi connectivity index (χ3v) is 9.12. The molecule has 0 aromatic heterocycles. The molecule has 0 aliphatic heterocycles. The predicted molar refractivity (Wildman–Crippen MR) is 65.8 cm³/mol. The summed E-state index contributed by atoms with van der Waals surface area (Å²) in [4.78, 5) is 0. The SMILES string of the molecule is C[Si](CCCCO[Si](C)(C)O[SiH]=O)[SiH]=O. The summed E-state index contributed by atoms with van der Waals surface area (Å²) in [5.74, 6) is 0. The van der Waals surface area contributed by atoms with Crippen LogP contribution >= 0.6 is 0 Å². The Morgan fingerprint density at radius 2 is 1.93 bits per heavy atom. The van der Waals surface area contributed by atoms with E-state index in [2.05, 4.69) is 6.55 Å². The van der Waals surface area contributed by atoms with Gasteiger partial charge in [0, 0.05) is 6.61 Å². The zero-order valence-corrected chi connectivity index (χ0v) is 13.9. The third-order valence-electron chi connectivity index (χ3n) is 1.95. The molecule has 87 valence electrons. The highest BCUT2D eigenvalue weighted by molar-refractivity contribution is 7.05. The van der Waals surface area contributed by atoms with Gasteiger partial charge in [-0.1, -0.05) is 19.0 Å². The minimum Gasteiger partial charge on any atom is -0.561 e. The number of rotatable bonds is 9. The van der Waals surface area contributed by atoms with E-state index in [0.717, 1.165) is 18.9 Å². The van der Waals surface area contributed by atoms with Crippen molar-refractivity contribution in [3.05, 3.63) is 0 Å². The van der Waals surface area contributed by atoms with E-state index in [0.29, 0.717) is 6.61 Å². The number of unbranched alkanes of at least 4 members (excludes halogenated alkanes) is 1. The fourth-order valence-electron chi connectivity index (χ4n) is 1.03. The van der Waals surface area contributed by atoms with Crippen molar-refractivity contribution in [3.63, 3.8) is 0 Å². The van der Waals surface area contributed by atoms with Gasteiger partial charge in [-0.15, -0.1) is 0 Å². The van der Waals surface area contributed by atoms with Crippen LogP contribution in [0.2, 0.25) is 25.7 Å². The van der Waals surface area contributed by atoms with Gasteiger partial charge < -0.3 is 17.5 Å². The van der Waals surface area contributed by atoms with Gasteiger partial charge in [-0.3, -0.25) is 0 Å². The Morgan fingerprint density at radius 3 is 2.47 bits per heavy atom. The van der Waals surface area contributed by atoms with Crippen molar-refractivity contribution in [1.29, 1.82) is 0 Å². The second kappa shape index (κ2) is 8.39. The molecule has 0 aromatic rings. The molecule has 0 aliphatic carbocycles. The van der Waals surface area contributed by atoms with Gasteiger partial charge >= 0.3 is 18.2 Å². The number of hydrogen-bond acceptors (Lipinski definition) is 4. The molecule has 0 unspecified atom stereocenters. The molecule has 4 nitrogen and oxygen atoms in total. The first kappa shape index (κ1) is 15.2. The van der Waals surface area contributed by atoms with Gasteiger partial charge in [-0.25, -0.2) is 0 Å². The fourth-order valence-corrected chi connectivity index (χ4v) is 4.76. The van der Waals surface area contributed by atoms with Crippen molar-refractivity contribution in [1.82, 2.24) is 0 Å². The Kier molecular flexibility index (Phi) is 8.51. The Bertz CT molecular complexity index is 199. The molecular formula is C7H19O4Si4. The maximum Gasteiger partial charge on any atom is 0.474 e. The highest BCUT2D eigenvalue weighted by Gasteiger charge is 2.24. The average Bonchev–Trinajstić information content (AvgIpc) is 2.16. The molecule has 0 fully saturated rings. The van der Waals surface area contributed by atoms with E-state index >= 15 is 0 Å². The van der Waals surface area contributed by atoms with Crippen LogP contribution in [0, 0.1) is 0 Å².